The van der Waals surface area contributed by atoms with Crippen molar-refractivity contribution in [2.45, 2.75) is 19.5 Å². The van der Waals surface area contributed by atoms with E-state index in [0.717, 1.165) is 11.1 Å². The Bertz CT molecular complexity index is 537. The lowest BCUT2D eigenvalue weighted by molar-refractivity contribution is -0.139. The number of carboxylic acid groups (broad SMARTS) is 1. The van der Waals surface area contributed by atoms with Crippen molar-refractivity contribution in [2.75, 3.05) is 6.54 Å². The molecule has 100 valence electrons. The molecule has 0 bridgehead atoms. The number of carboxylic acids is 1. The summed E-state index contributed by atoms with van der Waals surface area (Å²) in [5, 5.41) is 16.4. The van der Waals surface area contributed by atoms with Gasteiger partial charge >= 0.3 is 5.97 Å². The monoisotopic (exact) mass is 259 g/mol. The summed E-state index contributed by atoms with van der Waals surface area (Å²) in [6.07, 6.45) is 3.71. The summed E-state index contributed by atoms with van der Waals surface area (Å²) in [5.41, 5.74) is 1.85. The number of benzene rings is 1. The minimum Gasteiger partial charge on any atom is -0.480 e. The van der Waals surface area contributed by atoms with Crippen LogP contribution in [0.15, 0.2) is 42.7 Å². The summed E-state index contributed by atoms with van der Waals surface area (Å²) in [5.74, 6) is -0.872. The lowest BCUT2D eigenvalue weighted by Gasteiger charge is -2.14. The molecule has 19 heavy (non-hydrogen) atoms. The van der Waals surface area contributed by atoms with Crippen LogP contribution in [-0.4, -0.2) is 27.4 Å². The number of carbonyl (C=O) groups is 1. The van der Waals surface area contributed by atoms with Gasteiger partial charge in [-0.3, -0.25) is 14.8 Å². The smallest absolute Gasteiger partial charge is 0.325 e. The van der Waals surface area contributed by atoms with E-state index in [9.17, 15) is 9.90 Å². The molecule has 0 spiro atoms. The van der Waals surface area contributed by atoms with Crippen molar-refractivity contribution in [2.24, 2.45) is 0 Å². The van der Waals surface area contributed by atoms with Crippen molar-refractivity contribution < 1.29 is 9.90 Å². The molecular formula is C14H17N3O2. The van der Waals surface area contributed by atoms with E-state index in [1.807, 2.05) is 43.5 Å². The number of nitrogens with zero attached hydrogens (tertiary/aromatic N) is 2. The highest BCUT2D eigenvalue weighted by atomic mass is 16.4. The van der Waals surface area contributed by atoms with Gasteiger partial charge in [-0.05, 0) is 18.1 Å². The molecule has 1 aromatic carbocycles. The number of aliphatic carboxylic acids is 1. The Morgan fingerprint density at radius 3 is 2.74 bits per heavy atom. The number of aryl methyl sites for hydroxylation is 1. The average molecular weight is 259 g/mol. The Morgan fingerprint density at radius 2 is 2.16 bits per heavy atom. The fraction of sp³-hybridized carbons (Fsp3) is 0.286. The van der Waals surface area contributed by atoms with Gasteiger partial charge < -0.3 is 5.11 Å². The van der Waals surface area contributed by atoms with Gasteiger partial charge in [-0.15, -0.1) is 0 Å². The van der Waals surface area contributed by atoms with Crippen LogP contribution in [-0.2, 0) is 11.3 Å². The lowest BCUT2D eigenvalue weighted by atomic mass is 10.1. The van der Waals surface area contributed by atoms with Crippen LogP contribution < -0.4 is 5.32 Å². The molecule has 5 heteroatoms. The average Bonchev–Trinajstić information content (AvgIpc) is 2.81. The largest absolute Gasteiger partial charge is 0.480 e. The van der Waals surface area contributed by atoms with Crippen LogP contribution in [0.1, 0.15) is 17.2 Å². The molecule has 0 saturated heterocycles. The fourth-order valence-corrected chi connectivity index (χ4v) is 1.91. The second kappa shape index (κ2) is 6.15. The van der Waals surface area contributed by atoms with Crippen molar-refractivity contribution in [3.63, 3.8) is 0 Å². The summed E-state index contributed by atoms with van der Waals surface area (Å²) >= 11 is 0. The molecule has 0 radical (unpaired) electrons. The molecular weight excluding hydrogens is 242 g/mol. The number of nitrogens with one attached hydrogen (secondary N) is 1. The first-order chi connectivity index (χ1) is 9.16. The zero-order chi connectivity index (χ0) is 13.7. The second-order valence-electron chi connectivity index (χ2n) is 4.42. The van der Waals surface area contributed by atoms with Gasteiger partial charge in [-0.25, -0.2) is 0 Å². The summed E-state index contributed by atoms with van der Waals surface area (Å²) < 4.78 is 1.80. The van der Waals surface area contributed by atoms with Gasteiger partial charge in [0.05, 0.1) is 12.7 Å². The Labute approximate surface area is 111 Å². The van der Waals surface area contributed by atoms with E-state index in [1.165, 1.54) is 0 Å². The lowest BCUT2D eigenvalue weighted by Crippen LogP contribution is -2.31. The summed E-state index contributed by atoms with van der Waals surface area (Å²) in [7, 11) is 0. The minimum absolute atomic E-state index is 0.549. The third-order valence-corrected chi connectivity index (χ3v) is 2.83. The van der Waals surface area contributed by atoms with Crippen LogP contribution in [0.25, 0.3) is 0 Å². The highest BCUT2D eigenvalue weighted by molar-refractivity contribution is 5.75. The molecule has 0 amide bonds. The van der Waals surface area contributed by atoms with Crippen LogP contribution in [0.2, 0.25) is 0 Å². The van der Waals surface area contributed by atoms with Gasteiger partial charge in [0.25, 0.3) is 0 Å². The van der Waals surface area contributed by atoms with E-state index >= 15 is 0 Å². The molecule has 0 aliphatic rings. The zero-order valence-electron chi connectivity index (χ0n) is 10.8. The Hall–Kier alpha value is -2.14. The summed E-state index contributed by atoms with van der Waals surface area (Å²) in [6.45, 7) is 3.17. The first-order valence-corrected chi connectivity index (χ1v) is 6.17. The van der Waals surface area contributed by atoms with Crippen LogP contribution in [0, 0.1) is 6.92 Å². The highest BCUT2D eigenvalue weighted by Gasteiger charge is 2.18. The van der Waals surface area contributed by atoms with Crippen molar-refractivity contribution in [1.82, 2.24) is 15.1 Å². The minimum atomic E-state index is -0.872. The summed E-state index contributed by atoms with van der Waals surface area (Å²) in [6, 6.07) is 8.48. The van der Waals surface area contributed by atoms with E-state index in [1.54, 1.807) is 10.9 Å². The van der Waals surface area contributed by atoms with Gasteiger partial charge in [0.15, 0.2) is 0 Å². The molecule has 0 saturated carbocycles. The van der Waals surface area contributed by atoms with Crippen molar-refractivity contribution >= 4 is 5.97 Å². The maximum Gasteiger partial charge on any atom is 0.325 e. The van der Waals surface area contributed by atoms with E-state index < -0.39 is 12.0 Å². The van der Waals surface area contributed by atoms with Crippen LogP contribution in [0.3, 0.4) is 0 Å². The van der Waals surface area contributed by atoms with Gasteiger partial charge in [0.2, 0.25) is 0 Å². The standard InChI is InChI=1S/C14H17N3O2/c1-11-9-16-17(10-11)8-7-15-13(14(18)19)12-5-3-2-4-6-12/h2-6,9-10,13,15H,7-8H2,1H3,(H,18,19). The molecule has 2 aromatic rings. The molecule has 1 atom stereocenters. The molecule has 0 aliphatic heterocycles. The Kier molecular flexibility index (Phi) is 4.30. The first kappa shape index (κ1) is 13.3. The maximum atomic E-state index is 11.3. The zero-order valence-corrected chi connectivity index (χ0v) is 10.8. The van der Waals surface area contributed by atoms with Gasteiger partial charge in [-0.2, -0.15) is 5.10 Å². The summed E-state index contributed by atoms with van der Waals surface area (Å²) in [4.78, 5) is 11.3. The Morgan fingerprint density at radius 1 is 1.42 bits per heavy atom. The van der Waals surface area contributed by atoms with Crippen LogP contribution >= 0.6 is 0 Å². The molecule has 1 unspecified atom stereocenters. The molecule has 1 aromatic heterocycles. The fourth-order valence-electron chi connectivity index (χ4n) is 1.91. The maximum absolute atomic E-state index is 11.3. The number of rotatable bonds is 6. The van der Waals surface area contributed by atoms with Crippen LogP contribution in [0.5, 0.6) is 0 Å². The number of hydrogen-bond acceptors (Lipinski definition) is 3. The molecule has 5 nitrogen and oxygen atoms in total. The second-order valence-corrected chi connectivity index (χ2v) is 4.42. The van der Waals surface area contributed by atoms with E-state index in [0.29, 0.717) is 13.1 Å². The predicted molar refractivity (Wildman–Crippen MR) is 71.8 cm³/mol. The highest BCUT2D eigenvalue weighted by Crippen LogP contribution is 2.12. The molecule has 0 fully saturated rings. The Balaban J connectivity index is 1.93. The van der Waals surface area contributed by atoms with E-state index in [4.69, 9.17) is 0 Å². The number of hydrogen-bond donors (Lipinski definition) is 2. The van der Waals surface area contributed by atoms with Crippen LogP contribution in [0.4, 0.5) is 0 Å². The van der Waals surface area contributed by atoms with Gasteiger partial charge in [-0.1, -0.05) is 30.3 Å². The molecule has 0 aliphatic carbocycles. The van der Waals surface area contributed by atoms with Gasteiger partial charge in [0, 0.05) is 12.7 Å². The predicted octanol–water partition coefficient (Wildman–Crippen LogP) is 1.61. The topological polar surface area (TPSA) is 67.2 Å². The third kappa shape index (κ3) is 3.66. The van der Waals surface area contributed by atoms with E-state index in [2.05, 4.69) is 10.4 Å². The molecule has 2 N–H and O–H groups in total. The third-order valence-electron chi connectivity index (χ3n) is 2.83. The van der Waals surface area contributed by atoms with Crippen molar-refractivity contribution in [1.29, 1.82) is 0 Å². The van der Waals surface area contributed by atoms with Gasteiger partial charge in [0.1, 0.15) is 6.04 Å². The normalized spacial score (nSPS) is 12.3. The van der Waals surface area contributed by atoms with Crippen molar-refractivity contribution in [3.8, 4) is 0 Å². The van der Waals surface area contributed by atoms with E-state index in [-0.39, 0.29) is 0 Å². The van der Waals surface area contributed by atoms with Crippen molar-refractivity contribution in [3.05, 3.63) is 53.9 Å². The quantitative estimate of drug-likeness (QED) is 0.827. The SMILES string of the molecule is Cc1cnn(CCNC(C(=O)O)c2ccccc2)c1. The first-order valence-electron chi connectivity index (χ1n) is 6.17. The number of aromatic nitrogens is 2. The molecule has 1 heterocycles. The molecule has 2 rings (SSSR count).